The molecule has 1 saturated carbocycles. The zero-order valence-electron chi connectivity index (χ0n) is 17.3. The monoisotopic (exact) mass is 436 g/mol. The van der Waals surface area contributed by atoms with Gasteiger partial charge in [-0.15, -0.1) is 5.10 Å². The number of hydrogen-bond acceptors (Lipinski definition) is 4. The maximum absolute atomic E-state index is 13.3. The number of aromatic nitrogens is 3. The maximum atomic E-state index is 13.3. The van der Waals surface area contributed by atoms with E-state index >= 15 is 0 Å². The Bertz CT molecular complexity index is 887. The van der Waals surface area contributed by atoms with Gasteiger partial charge in [-0.2, -0.15) is 18.2 Å². The summed E-state index contributed by atoms with van der Waals surface area (Å²) < 4.78 is 45.2. The average Bonchev–Trinajstić information content (AvgIpc) is 3.23. The van der Waals surface area contributed by atoms with E-state index in [1.54, 1.807) is 6.07 Å². The molecule has 1 unspecified atom stereocenters. The molecule has 2 fully saturated rings. The van der Waals surface area contributed by atoms with Gasteiger partial charge in [0.15, 0.2) is 0 Å². The standard InChI is InChI=1S/C22H27F3N4O2/c23-22(24,25)17-8-4-7-16(13-17)18(14-5-2-1-3-6-14)20(30)27-21-26-19(28-29-21)15-9-11-31-12-10-15/h4,7-8,13-15,18H,1-3,5-6,9-12H2,(H2,26,27,28,29,30). The van der Waals surface area contributed by atoms with E-state index in [1.807, 2.05) is 0 Å². The second-order valence-electron chi connectivity index (χ2n) is 8.42. The first kappa shape index (κ1) is 21.8. The van der Waals surface area contributed by atoms with Crippen molar-refractivity contribution in [3.8, 4) is 0 Å². The van der Waals surface area contributed by atoms with Gasteiger partial charge in [-0.3, -0.25) is 15.2 Å². The molecule has 4 rings (SSSR count). The van der Waals surface area contributed by atoms with Crippen LogP contribution >= 0.6 is 0 Å². The summed E-state index contributed by atoms with van der Waals surface area (Å²) in [4.78, 5) is 17.7. The second-order valence-corrected chi connectivity index (χ2v) is 8.42. The molecule has 1 atom stereocenters. The lowest BCUT2D eigenvalue weighted by Gasteiger charge is -2.29. The molecular formula is C22H27F3N4O2. The number of ether oxygens (including phenoxy) is 1. The molecule has 1 aliphatic heterocycles. The van der Waals surface area contributed by atoms with E-state index in [2.05, 4.69) is 20.5 Å². The summed E-state index contributed by atoms with van der Waals surface area (Å²) in [6, 6.07) is 5.12. The molecule has 0 radical (unpaired) electrons. The van der Waals surface area contributed by atoms with Crippen LogP contribution in [0.5, 0.6) is 0 Å². The molecule has 6 nitrogen and oxygen atoms in total. The molecule has 1 amide bonds. The number of carbonyl (C=O) groups excluding carboxylic acids is 1. The molecule has 0 spiro atoms. The molecule has 31 heavy (non-hydrogen) atoms. The number of rotatable bonds is 5. The van der Waals surface area contributed by atoms with E-state index in [1.165, 1.54) is 6.07 Å². The Morgan fingerprint density at radius 3 is 2.58 bits per heavy atom. The normalized spacial score (nSPS) is 19.8. The largest absolute Gasteiger partial charge is 0.416 e. The summed E-state index contributed by atoms with van der Waals surface area (Å²) in [6.45, 7) is 1.32. The first-order valence-corrected chi connectivity index (χ1v) is 10.9. The Kier molecular flexibility index (Phi) is 6.60. The van der Waals surface area contributed by atoms with E-state index in [-0.39, 0.29) is 23.7 Å². The smallest absolute Gasteiger partial charge is 0.381 e. The van der Waals surface area contributed by atoms with Gasteiger partial charge in [0.25, 0.3) is 0 Å². The van der Waals surface area contributed by atoms with Crippen molar-refractivity contribution in [1.29, 1.82) is 0 Å². The zero-order chi connectivity index (χ0) is 21.8. The highest BCUT2D eigenvalue weighted by molar-refractivity contribution is 5.94. The third-order valence-electron chi connectivity index (χ3n) is 6.32. The van der Waals surface area contributed by atoms with Gasteiger partial charge >= 0.3 is 6.18 Å². The van der Waals surface area contributed by atoms with Crippen LogP contribution in [0.2, 0.25) is 0 Å². The van der Waals surface area contributed by atoms with Crippen molar-refractivity contribution >= 4 is 11.9 Å². The highest BCUT2D eigenvalue weighted by atomic mass is 19.4. The Hall–Kier alpha value is -2.42. The van der Waals surface area contributed by atoms with Gasteiger partial charge in [0.05, 0.1) is 11.5 Å². The lowest BCUT2D eigenvalue weighted by atomic mass is 9.76. The molecule has 1 aliphatic carbocycles. The molecule has 2 heterocycles. The Balaban J connectivity index is 1.55. The van der Waals surface area contributed by atoms with Crippen LogP contribution in [0.15, 0.2) is 24.3 Å². The average molecular weight is 436 g/mol. The van der Waals surface area contributed by atoms with Crippen molar-refractivity contribution < 1.29 is 22.7 Å². The highest BCUT2D eigenvalue weighted by Crippen LogP contribution is 2.39. The van der Waals surface area contributed by atoms with E-state index in [9.17, 15) is 18.0 Å². The number of halogens is 3. The summed E-state index contributed by atoms with van der Waals surface area (Å²) in [5.41, 5.74) is -0.349. The molecule has 1 aromatic carbocycles. The Morgan fingerprint density at radius 1 is 1.13 bits per heavy atom. The fourth-order valence-electron chi connectivity index (χ4n) is 4.69. The number of benzene rings is 1. The summed E-state index contributed by atoms with van der Waals surface area (Å²) in [7, 11) is 0. The predicted molar refractivity (Wildman–Crippen MR) is 109 cm³/mol. The van der Waals surface area contributed by atoms with Crippen molar-refractivity contribution in [2.24, 2.45) is 5.92 Å². The van der Waals surface area contributed by atoms with E-state index in [0.717, 1.165) is 57.1 Å². The van der Waals surface area contributed by atoms with Crippen LogP contribution in [0.1, 0.15) is 73.7 Å². The molecule has 9 heteroatoms. The van der Waals surface area contributed by atoms with Crippen LogP contribution in [0.4, 0.5) is 19.1 Å². The van der Waals surface area contributed by atoms with Crippen LogP contribution in [-0.4, -0.2) is 34.3 Å². The van der Waals surface area contributed by atoms with Gasteiger partial charge in [-0.1, -0.05) is 37.5 Å². The van der Waals surface area contributed by atoms with Crippen LogP contribution < -0.4 is 5.32 Å². The van der Waals surface area contributed by atoms with Crippen molar-refractivity contribution in [2.45, 2.75) is 63.0 Å². The topological polar surface area (TPSA) is 79.9 Å². The van der Waals surface area contributed by atoms with Gasteiger partial charge in [0, 0.05) is 19.1 Å². The number of alkyl halides is 3. The lowest BCUT2D eigenvalue weighted by Crippen LogP contribution is -2.29. The van der Waals surface area contributed by atoms with Crippen LogP contribution in [0, 0.1) is 5.92 Å². The second kappa shape index (κ2) is 9.38. The van der Waals surface area contributed by atoms with Gasteiger partial charge < -0.3 is 4.74 Å². The number of nitrogens with one attached hydrogen (secondary N) is 2. The van der Waals surface area contributed by atoms with Gasteiger partial charge in [0.1, 0.15) is 5.82 Å². The minimum Gasteiger partial charge on any atom is -0.381 e. The van der Waals surface area contributed by atoms with Gasteiger partial charge in [-0.05, 0) is 43.2 Å². The molecule has 1 saturated heterocycles. The van der Waals surface area contributed by atoms with E-state index in [0.29, 0.717) is 24.6 Å². The van der Waals surface area contributed by atoms with Crippen LogP contribution in [-0.2, 0) is 15.7 Å². The molecule has 2 aromatic rings. The highest BCUT2D eigenvalue weighted by Gasteiger charge is 2.35. The molecule has 168 valence electrons. The first-order valence-electron chi connectivity index (χ1n) is 10.9. The zero-order valence-corrected chi connectivity index (χ0v) is 17.3. The SMILES string of the molecule is O=C(Nc1n[nH]c(C2CCOCC2)n1)C(c1cccc(C(F)(F)F)c1)C1CCCCC1. The fraction of sp³-hybridized carbons (Fsp3) is 0.591. The molecule has 1 aromatic heterocycles. The summed E-state index contributed by atoms with van der Waals surface area (Å²) in [5, 5.41) is 9.76. The minimum atomic E-state index is -4.45. The van der Waals surface area contributed by atoms with Crippen molar-refractivity contribution in [3.63, 3.8) is 0 Å². The quantitative estimate of drug-likeness (QED) is 0.690. The van der Waals surface area contributed by atoms with E-state index < -0.39 is 17.7 Å². The minimum absolute atomic E-state index is 0.00820. The van der Waals surface area contributed by atoms with Crippen molar-refractivity contribution in [3.05, 3.63) is 41.2 Å². The Morgan fingerprint density at radius 2 is 1.87 bits per heavy atom. The fourth-order valence-corrected chi connectivity index (χ4v) is 4.69. The van der Waals surface area contributed by atoms with Crippen LogP contribution in [0.25, 0.3) is 0 Å². The molecular weight excluding hydrogens is 409 g/mol. The molecule has 2 N–H and O–H groups in total. The summed E-state index contributed by atoms with van der Waals surface area (Å²) in [5.74, 6) is 0.0261. The molecule has 0 bridgehead atoms. The third kappa shape index (κ3) is 5.26. The number of nitrogens with zero attached hydrogens (tertiary/aromatic N) is 2. The number of anilines is 1. The predicted octanol–water partition coefficient (Wildman–Crippen LogP) is 5.02. The van der Waals surface area contributed by atoms with Gasteiger partial charge in [0.2, 0.25) is 11.9 Å². The van der Waals surface area contributed by atoms with E-state index in [4.69, 9.17) is 4.74 Å². The lowest BCUT2D eigenvalue weighted by molar-refractivity contribution is -0.137. The first-order chi connectivity index (χ1) is 14.9. The molecule has 2 aliphatic rings. The Labute approximate surface area is 179 Å². The summed E-state index contributed by atoms with van der Waals surface area (Å²) in [6.07, 6.45) is 1.87. The van der Waals surface area contributed by atoms with Crippen LogP contribution in [0.3, 0.4) is 0 Å². The summed E-state index contributed by atoms with van der Waals surface area (Å²) >= 11 is 0. The number of aromatic amines is 1. The number of carbonyl (C=O) groups is 1. The van der Waals surface area contributed by atoms with Crippen molar-refractivity contribution in [2.75, 3.05) is 18.5 Å². The number of hydrogen-bond donors (Lipinski definition) is 2. The number of H-pyrrole nitrogens is 1. The van der Waals surface area contributed by atoms with Gasteiger partial charge in [-0.25, -0.2) is 0 Å². The van der Waals surface area contributed by atoms with Crippen molar-refractivity contribution in [1.82, 2.24) is 15.2 Å². The third-order valence-corrected chi connectivity index (χ3v) is 6.32. The number of amides is 1. The maximum Gasteiger partial charge on any atom is 0.416 e.